The molecule has 5 nitrogen and oxygen atoms in total. The number of carbonyl (C=O) groups excluding carboxylic acids is 1. The van der Waals surface area contributed by atoms with Crippen molar-refractivity contribution in [2.24, 2.45) is 0 Å². The summed E-state index contributed by atoms with van der Waals surface area (Å²) in [5.74, 6) is -2.17. The van der Waals surface area contributed by atoms with E-state index in [1.54, 1.807) is 24.3 Å². The molecule has 0 aromatic heterocycles. The number of aryl methyl sites for hydroxylation is 2. The molecule has 0 heterocycles. The second kappa shape index (κ2) is 8.85. The van der Waals surface area contributed by atoms with Crippen molar-refractivity contribution in [1.29, 1.82) is 0 Å². The molecule has 0 saturated carbocycles. The Labute approximate surface area is 180 Å². The maximum Gasteiger partial charge on any atom is 0.255 e. The minimum Gasteiger partial charge on any atom is -0.319 e. The predicted molar refractivity (Wildman–Crippen MR) is 118 cm³/mol. The van der Waals surface area contributed by atoms with E-state index < -0.39 is 27.6 Å². The first kappa shape index (κ1) is 22.4. The summed E-state index contributed by atoms with van der Waals surface area (Å²) < 4.78 is 52.8. The fourth-order valence-electron chi connectivity index (χ4n) is 3.21. The Bertz CT molecular complexity index is 1210. The third-order valence-corrected chi connectivity index (χ3v) is 5.76. The normalized spacial score (nSPS) is 11.3. The van der Waals surface area contributed by atoms with Gasteiger partial charge in [-0.2, -0.15) is 0 Å². The summed E-state index contributed by atoms with van der Waals surface area (Å²) in [6.07, 6.45) is 1.14. The minimum absolute atomic E-state index is 0.0935. The molecule has 1 N–H and O–H groups in total. The van der Waals surface area contributed by atoms with Crippen molar-refractivity contribution in [1.82, 2.24) is 0 Å². The van der Waals surface area contributed by atoms with Crippen molar-refractivity contribution in [3.05, 3.63) is 94.6 Å². The van der Waals surface area contributed by atoms with Crippen molar-refractivity contribution in [3.63, 3.8) is 0 Å². The van der Waals surface area contributed by atoms with Crippen LogP contribution in [0.1, 0.15) is 27.0 Å². The highest BCUT2D eigenvalue weighted by atomic mass is 32.2. The quantitative estimate of drug-likeness (QED) is 0.594. The van der Waals surface area contributed by atoms with E-state index in [2.05, 4.69) is 5.32 Å². The summed E-state index contributed by atoms with van der Waals surface area (Å²) in [4.78, 5) is 12.4. The lowest BCUT2D eigenvalue weighted by atomic mass is 10.1. The van der Waals surface area contributed by atoms with E-state index in [0.29, 0.717) is 17.3 Å². The van der Waals surface area contributed by atoms with E-state index >= 15 is 0 Å². The molecule has 31 heavy (non-hydrogen) atoms. The zero-order valence-electron chi connectivity index (χ0n) is 17.3. The highest BCUT2D eigenvalue weighted by Crippen LogP contribution is 2.24. The lowest BCUT2D eigenvalue weighted by molar-refractivity contribution is 0.102. The maximum atomic E-state index is 13.7. The molecule has 1 amide bonds. The standard InChI is InChI=1S/C23H22F2N2O3S/c1-15-10-16(2)12-20(11-15)27(31(3,29)30)14-17-4-6-18(7-5-17)23(28)26-22-9-8-19(24)13-21(22)25/h4-13H,14H2,1-3H3,(H,26,28). The van der Waals surface area contributed by atoms with Crippen molar-refractivity contribution in [3.8, 4) is 0 Å². The van der Waals surface area contributed by atoms with E-state index in [4.69, 9.17) is 0 Å². The number of anilines is 2. The molecule has 162 valence electrons. The number of hydrogen-bond donors (Lipinski definition) is 1. The summed E-state index contributed by atoms with van der Waals surface area (Å²) in [6.45, 7) is 3.89. The van der Waals surface area contributed by atoms with Crippen LogP contribution in [-0.4, -0.2) is 20.6 Å². The van der Waals surface area contributed by atoms with Gasteiger partial charge in [0.2, 0.25) is 10.0 Å². The maximum absolute atomic E-state index is 13.7. The number of nitrogens with one attached hydrogen (secondary N) is 1. The molecule has 0 aliphatic carbocycles. The smallest absolute Gasteiger partial charge is 0.255 e. The van der Waals surface area contributed by atoms with Crippen LogP contribution >= 0.6 is 0 Å². The van der Waals surface area contributed by atoms with Gasteiger partial charge in [0.25, 0.3) is 5.91 Å². The fraction of sp³-hybridized carbons (Fsp3) is 0.174. The van der Waals surface area contributed by atoms with Crippen molar-refractivity contribution in [2.45, 2.75) is 20.4 Å². The Morgan fingerprint density at radius 3 is 2.10 bits per heavy atom. The molecule has 0 aliphatic rings. The van der Waals surface area contributed by atoms with Crippen LogP contribution in [0, 0.1) is 25.5 Å². The number of carbonyl (C=O) groups is 1. The Morgan fingerprint density at radius 1 is 0.935 bits per heavy atom. The summed E-state index contributed by atoms with van der Waals surface area (Å²) in [5.41, 5.74) is 3.26. The molecule has 3 rings (SSSR count). The van der Waals surface area contributed by atoms with E-state index in [0.717, 1.165) is 29.5 Å². The first-order valence-electron chi connectivity index (χ1n) is 9.44. The number of nitrogens with zero attached hydrogens (tertiary/aromatic N) is 1. The summed E-state index contributed by atoms with van der Waals surface area (Å²) >= 11 is 0. The minimum atomic E-state index is -3.54. The molecule has 0 unspecified atom stereocenters. The third-order valence-electron chi connectivity index (χ3n) is 4.62. The second-order valence-corrected chi connectivity index (χ2v) is 9.30. The lowest BCUT2D eigenvalue weighted by Crippen LogP contribution is -2.29. The van der Waals surface area contributed by atoms with E-state index in [1.165, 1.54) is 16.4 Å². The molecular weight excluding hydrogens is 422 g/mol. The third kappa shape index (κ3) is 5.67. The molecule has 0 bridgehead atoms. The summed E-state index contributed by atoms with van der Waals surface area (Å²) in [7, 11) is -3.54. The molecule has 0 radical (unpaired) electrons. The Hall–Kier alpha value is -3.26. The molecule has 8 heteroatoms. The van der Waals surface area contributed by atoms with Crippen LogP contribution in [0.2, 0.25) is 0 Å². The van der Waals surface area contributed by atoms with Gasteiger partial charge in [-0.05, 0) is 66.9 Å². The topological polar surface area (TPSA) is 66.5 Å². The lowest BCUT2D eigenvalue weighted by Gasteiger charge is -2.23. The van der Waals surface area contributed by atoms with E-state index in [-0.39, 0.29) is 17.8 Å². The van der Waals surface area contributed by atoms with Gasteiger partial charge in [-0.15, -0.1) is 0 Å². The fourth-order valence-corrected chi connectivity index (χ4v) is 4.08. The van der Waals surface area contributed by atoms with Crippen LogP contribution in [0.15, 0.2) is 60.7 Å². The largest absolute Gasteiger partial charge is 0.319 e. The number of hydrogen-bond acceptors (Lipinski definition) is 3. The number of amides is 1. The highest BCUT2D eigenvalue weighted by Gasteiger charge is 2.19. The Morgan fingerprint density at radius 2 is 1.55 bits per heavy atom. The monoisotopic (exact) mass is 444 g/mol. The van der Waals surface area contributed by atoms with Gasteiger partial charge in [0.1, 0.15) is 11.6 Å². The van der Waals surface area contributed by atoms with Crippen LogP contribution in [0.3, 0.4) is 0 Å². The van der Waals surface area contributed by atoms with E-state index in [1.807, 2.05) is 19.9 Å². The predicted octanol–water partition coefficient (Wildman–Crippen LogP) is 4.80. The van der Waals surface area contributed by atoms with Gasteiger partial charge in [-0.25, -0.2) is 17.2 Å². The molecule has 0 spiro atoms. The highest BCUT2D eigenvalue weighted by molar-refractivity contribution is 7.92. The average Bonchev–Trinajstić information content (AvgIpc) is 2.67. The number of sulfonamides is 1. The van der Waals surface area contributed by atoms with Crippen molar-refractivity contribution >= 4 is 27.3 Å². The molecule has 3 aromatic rings. The Balaban J connectivity index is 1.80. The SMILES string of the molecule is Cc1cc(C)cc(N(Cc2ccc(C(=O)Nc3ccc(F)cc3F)cc2)S(C)(=O)=O)c1. The molecule has 0 saturated heterocycles. The first-order chi connectivity index (χ1) is 14.5. The molecule has 3 aromatic carbocycles. The second-order valence-electron chi connectivity index (χ2n) is 7.39. The van der Waals surface area contributed by atoms with Crippen LogP contribution < -0.4 is 9.62 Å². The van der Waals surface area contributed by atoms with Crippen LogP contribution in [0.25, 0.3) is 0 Å². The summed E-state index contributed by atoms with van der Waals surface area (Å²) in [5, 5.41) is 2.39. The van der Waals surface area contributed by atoms with Crippen molar-refractivity contribution < 1.29 is 22.0 Å². The summed E-state index contributed by atoms with van der Waals surface area (Å²) in [6, 6.07) is 14.8. The van der Waals surface area contributed by atoms with E-state index in [9.17, 15) is 22.0 Å². The van der Waals surface area contributed by atoms with Gasteiger partial charge in [-0.1, -0.05) is 18.2 Å². The van der Waals surface area contributed by atoms with Crippen molar-refractivity contribution in [2.75, 3.05) is 15.9 Å². The first-order valence-corrected chi connectivity index (χ1v) is 11.3. The molecule has 0 atom stereocenters. The molecule has 0 fully saturated rings. The van der Waals surface area contributed by atoms with Gasteiger partial charge in [0.05, 0.1) is 24.2 Å². The number of benzene rings is 3. The van der Waals surface area contributed by atoms with Gasteiger partial charge < -0.3 is 5.32 Å². The van der Waals surface area contributed by atoms with Crippen LogP contribution in [0.4, 0.5) is 20.2 Å². The molecular formula is C23H22F2N2O3S. The average molecular weight is 445 g/mol. The Kier molecular flexibility index (Phi) is 6.40. The number of halogens is 2. The zero-order valence-corrected chi connectivity index (χ0v) is 18.1. The molecule has 0 aliphatic heterocycles. The van der Waals surface area contributed by atoms with Crippen LogP contribution in [-0.2, 0) is 16.6 Å². The van der Waals surface area contributed by atoms with Gasteiger partial charge >= 0.3 is 0 Å². The van der Waals surface area contributed by atoms with Gasteiger partial charge in [-0.3, -0.25) is 9.10 Å². The van der Waals surface area contributed by atoms with Gasteiger partial charge in [0, 0.05) is 11.6 Å². The zero-order chi connectivity index (χ0) is 22.8. The number of rotatable bonds is 6. The van der Waals surface area contributed by atoms with Gasteiger partial charge in [0.15, 0.2) is 0 Å². The van der Waals surface area contributed by atoms with Crippen LogP contribution in [0.5, 0.6) is 0 Å².